The first-order valence-corrected chi connectivity index (χ1v) is 8.65. The van der Waals surface area contributed by atoms with Gasteiger partial charge in [0.15, 0.2) is 11.8 Å². The molecule has 1 aromatic carbocycles. The average Bonchev–Trinajstić information content (AvgIpc) is 3.06. The van der Waals surface area contributed by atoms with Gasteiger partial charge in [0, 0.05) is 19.3 Å². The van der Waals surface area contributed by atoms with Crippen LogP contribution in [0.15, 0.2) is 41.7 Å². The summed E-state index contributed by atoms with van der Waals surface area (Å²) in [6.07, 6.45) is 6.94. The Balaban J connectivity index is 0.00000225. The summed E-state index contributed by atoms with van der Waals surface area (Å²) in [6.45, 7) is 3.83. The largest absolute Gasteiger partial charge is 0.356 e. The van der Waals surface area contributed by atoms with Crippen LogP contribution < -0.4 is 10.6 Å². The van der Waals surface area contributed by atoms with Crippen molar-refractivity contribution in [3.8, 4) is 5.69 Å². The molecule has 6 nitrogen and oxygen atoms in total. The standard InChI is InChI=1S/C18H26N6.HI/c1-3-18(10-7-11-18)13-21-17(19-2)20-12-16-23-22-14-24(16)15-8-5-4-6-9-15;/h4-6,8-9,14H,3,7,10-13H2,1-2H3,(H2,19,20,21);1H. The fourth-order valence-corrected chi connectivity index (χ4v) is 3.17. The van der Waals surface area contributed by atoms with Crippen molar-refractivity contribution < 1.29 is 0 Å². The minimum atomic E-state index is 0. The molecule has 2 N–H and O–H groups in total. The highest BCUT2D eigenvalue weighted by Crippen LogP contribution is 2.42. The van der Waals surface area contributed by atoms with Crippen molar-refractivity contribution in [2.75, 3.05) is 13.6 Å². The number of hydrogen-bond donors (Lipinski definition) is 2. The molecule has 0 unspecified atom stereocenters. The monoisotopic (exact) mass is 454 g/mol. The summed E-state index contributed by atoms with van der Waals surface area (Å²) in [6, 6.07) is 10.1. The van der Waals surface area contributed by atoms with Crippen molar-refractivity contribution in [1.82, 2.24) is 25.4 Å². The molecule has 25 heavy (non-hydrogen) atoms. The van der Waals surface area contributed by atoms with Crippen molar-refractivity contribution in [3.05, 3.63) is 42.5 Å². The molecule has 0 atom stereocenters. The molecule has 1 aliphatic rings. The van der Waals surface area contributed by atoms with E-state index in [1.165, 1.54) is 25.7 Å². The lowest BCUT2D eigenvalue weighted by atomic mass is 9.67. The van der Waals surface area contributed by atoms with E-state index < -0.39 is 0 Å². The molecule has 1 heterocycles. The van der Waals surface area contributed by atoms with E-state index in [1.807, 2.05) is 34.9 Å². The molecule has 1 aromatic heterocycles. The van der Waals surface area contributed by atoms with E-state index in [9.17, 15) is 0 Å². The number of nitrogens with zero attached hydrogens (tertiary/aromatic N) is 4. The SMILES string of the molecule is CCC1(CNC(=NC)NCc2nncn2-c2ccccc2)CCC1.I. The zero-order chi connectivity index (χ0) is 16.8. The van der Waals surface area contributed by atoms with Crippen molar-refractivity contribution in [3.63, 3.8) is 0 Å². The summed E-state index contributed by atoms with van der Waals surface area (Å²) in [4.78, 5) is 4.32. The molecule has 0 amide bonds. The Labute approximate surface area is 166 Å². The van der Waals surface area contributed by atoms with Gasteiger partial charge in [0.1, 0.15) is 6.33 Å². The number of halogens is 1. The van der Waals surface area contributed by atoms with Gasteiger partial charge in [0.05, 0.1) is 6.54 Å². The summed E-state index contributed by atoms with van der Waals surface area (Å²) in [7, 11) is 1.80. The third-order valence-corrected chi connectivity index (χ3v) is 5.09. The van der Waals surface area contributed by atoms with Gasteiger partial charge in [-0.25, -0.2) is 0 Å². The summed E-state index contributed by atoms with van der Waals surface area (Å²) in [5.41, 5.74) is 1.52. The lowest BCUT2D eigenvalue weighted by Crippen LogP contribution is -2.46. The Hall–Kier alpha value is -1.64. The van der Waals surface area contributed by atoms with Crippen LogP contribution in [0.5, 0.6) is 0 Å². The number of rotatable bonds is 6. The maximum absolute atomic E-state index is 4.32. The summed E-state index contributed by atoms with van der Waals surface area (Å²) >= 11 is 0. The molecule has 2 aromatic rings. The van der Waals surface area contributed by atoms with Gasteiger partial charge in [-0.3, -0.25) is 9.56 Å². The van der Waals surface area contributed by atoms with Gasteiger partial charge in [0.25, 0.3) is 0 Å². The van der Waals surface area contributed by atoms with Crippen LogP contribution in [0.1, 0.15) is 38.4 Å². The molecule has 7 heteroatoms. The zero-order valence-electron chi connectivity index (χ0n) is 14.9. The predicted octanol–water partition coefficient (Wildman–Crippen LogP) is 3.13. The molecular formula is C18H27IN6. The van der Waals surface area contributed by atoms with Crippen LogP contribution in [0.2, 0.25) is 0 Å². The molecule has 136 valence electrons. The van der Waals surface area contributed by atoms with Gasteiger partial charge in [0.2, 0.25) is 0 Å². The van der Waals surface area contributed by atoms with Crippen molar-refractivity contribution in [1.29, 1.82) is 0 Å². The zero-order valence-corrected chi connectivity index (χ0v) is 17.2. The van der Waals surface area contributed by atoms with Crippen LogP contribution in [0.25, 0.3) is 5.69 Å². The van der Waals surface area contributed by atoms with Gasteiger partial charge < -0.3 is 10.6 Å². The van der Waals surface area contributed by atoms with E-state index in [1.54, 1.807) is 13.4 Å². The summed E-state index contributed by atoms with van der Waals surface area (Å²) in [5.74, 6) is 1.68. The highest BCUT2D eigenvalue weighted by molar-refractivity contribution is 14.0. The number of nitrogens with one attached hydrogen (secondary N) is 2. The predicted molar refractivity (Wildman–Crippen MR) is 112 cm³/mol. The number of hydrogen-bond acceptors (Lipinski definition) is 3. The molecule has 0 bridgehead atoms. The number of aromatic nitrogens is 3. The second-order valence-electron chi connectivity index (χ2n) is 6.44. The molecule has 0 aliphatic heterocycles. The smallest absolute Gasteiger partial charge is 0.191 e. The van der Waals surface area contributed by atoms with E-state index in [2.05, 4.69) is 32.7 Å². The molecule has 1 fully saturated rings. The van der Waals surface area contributed by atoms with Crippen molar-refractivity contribution in [2.24, 2.45) is 10.4 Å². The molecule has 3 rings (SSSR count). The van der Waals surface area contributed by atoms with Crippen molar-refractivity contribution in [2.45, 2.75) is 39.2 Å². The Bertz CT molecular complexity index is 672. The van der Waals surface area contributed by atoms with Crippen LogP contribution in [-0.4, -0.2) is 34.3 Å². The number of benzene rings is 1. The second kappa shape index (κ2) is 9.17. The van der Waals surface area contributed by atoms with Gasteiger partial charge in [-0.1, -0.05) is 31.5 Å². The highest BCUT2D eigenvalue weighted by Gasteiger charge is 2.34. The second-order valence-corrected chi connectivity index (χ2v) is 6.44. The first-order valence-electron chi connectivity index (χ1n) is 8.65. The highest BCUT2D eigenvalue weighted by atomic mass is 127. The minimum absolute atomic E-state index is 0. The lowest BCUT2D eigenvalue weighted by Gasteiger charge is -2.41. The molecule has 1 aliphatic carbocycles. The molecule has 0 saturated heterocycles. The first-order chi connectivity index (χ1) is 11.8. The van der Waals surface area contributed by atoms with Gasteiger partial charge in [-0.15, -0.1) is 34.2 Å². The molecule has 0 spiro atoms. The first kappa shape index (κ1) is 19.7. The van der Waals surface area contributed by atoms with Crippen LogP contribution >= 0.6 is 24.0 Å². The van der Waals surface area contributed by atoms with Gasteiger partial charge in [-0.2, -0.15) is 0 Å². The number of para-hydroxylation sites is 1. The molecular weight excluding hydrogens is 427 g/mol. The quantitative estimate of drug-likeness (QED) is 0.400. The normalized spacial score (nSPS) is 15.8. The minimum Gasteiger partial charge on any atom is -0.356 e. The van der Waals surface area contributed by atoms with Crippen LogP contribution in [0.3, 0.4) is 0 Å². The summed E-state index contributed by atoms with van der Waals surface area (Å²) < 4.78 is 1.99. The van der Waals surface area contributed by atoms with E-state index in [-0.39, 0.29) is 24.0 Å². The maximum atomic E-state index is 4.32. The van der Waals surface area contributed by atoms with E-state index in [0.29, 0.717) is 12.0 Å². The Kier molecular flexibility index (Phi) is 7.22. The Morgan fingerprint density at radius 1 is 1.24 bits per heavy atom. The fourth-order valence-electron chi connectivity index (χ4n) is 3.17. The van der Waals surface area contributed by atoms with Gasteiger partial charge in [-0.05, 0) is 36.8 Å². The lowest BCUT2D eigenvalue weighted by molar-refractivity contribution is 0.131. The van der Waals surface area contributed by atoms with Crippen LogP contribution in [0.4, 0.5) is 0 Å². The van der Waals surface area contributed by atoms with Crippen molar-refractivity contribution >= 4 is 29.9 Å². The fraction of sp³-hybridized carbons (Fsp3) is 0.500. The Morgan fingerprint density at radius 2 is 2.00 bits per heavy atom. The molecule has 0 radical (unpaired) electrons. The summed E-state index contributed by atoms with van der Waals surface area (Å²) in [5, 5.41) is 15.1. The van der Waals surface area contributed by atoms with E-state index in [4.69, 9.17) is 0 Å². The third-order valence-electron chi connectivity index (χ3n) is 5.09. The van der Waals surface area contributed by atoms with Gasteiger partial charge >= 0.3 is 0 Å². The van der Waals surface area contributed by atoms with E-state index >= 15 is 0 Å². The number of aliphatic imine (C=N–C) groups is 1. The third kappa shape index (κ3) is 4.71. The Morgan fingerprint density at radius 3 is 2.60 bits per heavy atom. The average molecular weight is 454 g/mol. The number of guanidine groups is 1. The maximum Gasteiger partial charge on any atom is 0.191 e. The van der Waals surface area contributed by atoms with E-state index in [0.717, 1.165) is 24.0 Å². The van der Waals surface area contributed by atoms with Crippen LogP contribution in [-0.2, 0) is 6.54 Å². The topological polar surface area (TPSA) is 67.1 Å². The molecule has 1 saturated carbocycles. The van der Waals surface area contributed by atoms with Crippen LogP contribution in [0, 0.1) is 5.41 Å².